The Balaban J connectivity index is 2.31. The quantitative estimate of drug-likeness (QED) is 0.591. The third-order valence-corrected chi connectivity index (χ3v) is 3.33. The van der Waals surface area contributed by atoms with Crippen LogP contribution >= 0.6 is 0 Å². The van der Waals surface area contributed by atoms with Crippen LogP contribution in [0, 0.1) is 0 Å². The minimum Gasteiger partial charge on any atom is -0.264 e. The van der Waals surface area contributed by atoms with Gasteiger partial charge < -0.3 is 0 Å². The van der Waals surface area contributed by atoms with E-state index in [9.17, 15) is 0 Å². The second-order valence-electron chi connectivity index (χ2n) is 4.80. The van der Waals surface area contributed by atoms with E-state index in [0.29, 0.717) is 5.92 Å². The molecule has 0 aliphatic heterocycles. The summed E-state index contributed by atoms with van der Waals surface area (Å²) in [5.74, 6) is 0.566. The summed E-state index contributed by atoms with van der Waals surface area (Å²) in [6.07, 6.45) is 3.80. The highest BCUT2D eigenvalue weighted by molar-refractivity contribution is 6.01. The second-order valence-corrected chi connectivity index (χ2v) is 4.80. The van der Waals surface area contributed by atoms with Crippen LogP contribution < -0.4 is 0 Å². The fourth-order valence-electron chi connectivity index (χ4n) is 2.29. The summed E-state index contributed by atoms with van der Waals surface area (Å²) in [6.45, 7) is 4.44. The van der Waals surface area contributed by atoms with Crippen molar-refractivity contribution < 1.29 is 0 Å². The molecule has 2 aliphatic rings. The summed E-state index contributed by atoms with van der Waals surface area (Å²) >= 11 is 0. The number of pyridine rings is 1. The Morgan fingerprint density at radius 3 is 2.65 bits per heavy atom. The molecular weight excluding hydrogens is 206 g/mol. The lowest BCUT2D eigenvalue weighted by Crippen LogP contribution is -1.81. The van der Waals surface area contributed by atoms with Gasteiger partial charge in [0.25, 0.3) is 0 Å². The molecule has 0 unspecified atom stereocenters. The van der Waals surface area contributed by atoms with Gasteiger partial charge in [0.05, 0.1) is 0 Å². The zero-order chi connectivity index (χ0) is 11.8. The van der Waals surface area contributed by atoms with E-state index < -0.39 is 0 Å². The number of aromatic nitrogens is 1. The van der Waals surface area contributed by atoms with Crippen LogP contribution in [0.2, 0.25) is 0 Å². The van der Waals surface area contributed by atoms with Gasteiger partial charge in [-0.3, -0.25) is 4.98 Å². The highest BCUT2D eigenvalue weighted by atomic mass is 14.6. The predicted octanol–water partition coefficient (Wildman–Crippen LogP) is 4.46. The molecule has 3 rings (SSSR count). The van der Waals surface area contributed by atoms with Crippen LogP contribution in [0.3, 0.4) is 0 Å². The Morgan fingerprint density at radius 1 is 1.00 bits per heavy atom. The Kier molecular flexibility index (Phi) is 2.32. The van der Waals surface area contributed by atoms with Gasteiger partial charge in [0.1, 0.15) is 0 Å². The van der Waals surface area contributed by atoms with Crippen molar-refractivity contribution in [3.05, 3.63) is 54.4 Å². The fourth-order valence-corrected chi connectivity index (χ4v) is 2.29. The van der Waals surface area contributed by atoms with E-state index in [0.717, 1.165) is 0 Å². The van der Waals surface area contributed by atoms with Crippen molar-refractivity contribution in [3.63, 3.8) is 0 Å². The van der Waals surface area contributed by atoms with Crippen LogP contribution in [-0.4, -0.2) is 4.98 Å². The van der Waals surface area contributed by atoms with E-state index in [1.54, 1.807) is 0 Å². The lowest BCUT2D eigenvalue weighted by molar-refractivity contribution is 0.868. The number of fused-ring (bicyclic) bond motifs is 3. The van der Waals surface area contributed by atoms with Crippen molar-refractivity contribution in [2.24, 2.45) is 0 Å². The third kappa shape index (κ3) is 1.68. The molecule has 84 valence electrons. The minimum absolute atomic E-state index is 0.566. The van der Waals surface area contributed by atoms with Gasteiger partial charge in [-0.05, 0) is 40.1 Å². The van der Waals surface area contributed by atoms with E-state index in [4.69, 9.17) is 0 Å². The van der Waals surface area contributed by atoms with Crippen molar-refractivity contribution in [2.75, 3.05) is 0 Å². The first-order valence-corrected chi connectivity index (χ1v) is 6.02. The van der Waals surface area contributed by atoms with Crippen LogP contribution in [0.25, 0.3) is 21.9 Å². The minimum atomic E-state index is 0.566. The molecule has 0 aromatic carbocycles. The zero-order valence-electron chi connectivity index (χ0n) is 10.1. The molecule has 0 saturated heterocycles. The van der Waals surface area contributed by atoms with Crippen molar-refractivity contribution in [3.8, 4) is 11.1 Å². The van der Waals surface area contributed by atoms with E-state index in [-0.39, 0.29) is 0 Å². The zero-order valence-corrected chi connectivity index (χ0v) is 10.1. The Labute approximate surface area is 101 Å². The summed E-state index contributed by atoms with van der Waals surface area (Å²) < 4.78 is 0. The standard InChI is InChI=1S/C16H15N/c1-11(2)12-3-4-13-9-14-7-8-17-10-16(14)15(13)6-5-12/h3-11H,1-2H3. The molecule has 0 radical (unpaired) electrons. The summed E-state index contributed by atoms with van der Waals surface area (Å²) in [7, 11) is 0. The fraction of sp³-hybridized carbons (Fsp3) is 0.188. The van der Waals surface area contributed by atoms with Crippen molar-refractivity contribution >= 4 is 10.8 Å². The first-order chi connectivity index (χ1) is 8.25. The third-order valence-electron chi connectivity index (χ3n) is 3.33. The second kappa shape index (κ2) is 3.85. The molecule has 1 heterocycles. The molecule has 1 aromatic rings. The topological polar surface area (TPSA) is 12.9 Å². The average molecular weight is 221 g/mol. The van der Waals surface area contributed by atoms with Gasteiger partial charge in [-0.15, -0.1) is 0 Å². The Bertz CT molecular complexity index is 640. The van der Waals surface area contributed by atoms with Crippen LogP contribution in [0.1, 0.15) is 25.3 Å². The van der Waals surface area contributed by atoms with E-state index in [1.165, 1.54) is 27.5 Å². The van der Waals surface area contributed by atoms with Crippen molar-refractivity contribution in [2.45, 2.75) is 19.8 Å². The maximum Gasteiger partial charge on any atom is 0.0352 e. The lowest BCUT2D eigenvalue weighted by atomic mass is 10.1. The highest BCUT2D eigenvalue weighted by Gasteiger charge is 2.08. The first kappa shape index (κ1) is 10.3. The van der Waals surface area contributed by atoms with Crippen LogP contribution in [0.5, 0.6) is 0 Å². The highest BCUT2D eigenvalue weighted by Crippen LogP contribution is 2.33. The first-order valence-electron chi connectivity index (χ1n) is 6.02. The molecule has 0 amide bonds. The number of nitrogens with zero attached hydrogens (tertiary/aromatic N) is 1. The predicted molar refractivity (Wildman–Crippen MR) is 72.5 cm³/mol. The lowest BCUT2D eigenvalue weighted by Gasteiger charge is -1.99. The van der Waals surface area contributed by atoms with Crippen molar-refractivity contribution in [1.29, 1.82) is 0 Å². The van der Waals surface area contributed by atoms with Gasteiger partial charge in [-0.2, -0.15) is 0 Å². The smallest absolute Gasteiger partial charge is 0.0352 e. The molecular formula is C16H15N. The van der Waals surface area contributed by atoms with Gasteiger partial charge in [0, 0.05) is 17.8 Å². The Hall–Kier alpha value is -1.89. The number of hydrogen-bond acceptors (Lipinski definition) is 1. The maximum atomic E-state index is 4.21. The van der Waals surface area contributed by atoms with Crippen LogP contribution in [0.15, 0.2) is 48.8 Å². The normalized spacial score (nSPS) is 11.5. The van der Waals surface area contributed by atoms with E-state index >= 15 is 0 Å². The SMILES string of the molecule is CC(C)c1ccc2cc3ccncc3c-2cc1. The number of rotatable bonds is 1. The monoisotopic (exact) mass is 221 g/mol. The van der Waals surface area contributed by atoms with Gasteiger partial charge in [0.15, 0.2) is 0 Å². The summed E-state index contributed by atoms with van der Waals surface area (Å²) in [4.78, 5) is 4.21. The molecule has 0 spiro atoms. The summed E-state index contributed by atoms with van der Waals surface area (Å²) in [5.41, 5.74) is 3.96. The van der Waals surface area contributed by atoms with Gasteiger partial charge in [0.2, 0.25) is 0 Å². The molecule has 0 saturated carbocycles. The molecule has 0 fully saturated rings. The Morgan fingerprint density at radius 2 is 1.82 bits per heavy atom. The molecule has 0 atom stereocenters. The largest absolute Gasteiger partial charge is 0.264 e. The van der Waals surface area contributed by atoms with Crippen LogP contribution in [-0.2, 0) is 0 Å². The number of hydrogen-bond donors (Lipinski definition) is 0. The van der Waals surface area contributed by atoms with E-state index in [1.807, 2.05) is 12.4 Å². The summed E-state index contributed by atoms with van der Waals surface area (Å²) in [6, 6.07) is 13.2. The van der Waals surface area contributed by atoms with Crippen molar-refractivity contribution in [1.82, 2.24) is 4.98 Å². The maximum absolute atomic E-state index is 4.21. The molecule has 2 aliphatic carbocycles. The molecule has 1 nitrogen and oxygen atoms in total. The van der Waals surface area contributed by atoms with Crippen LogP contribution in [0.4, 0.5) is 0 Å². The molecule has 0 bridgehead atoms. The van der Waals surface area contributed by atoms with Gasteiger partial charge in [-0.1, -0.05) is 38.1 Å². The molecule has 0 N–H and O–H groups in total. The molecule has 1 heteroatoms. The molecule has 17 heavy (non-hydrogen) atoms. The van der Waals surface area contributed by atoms with Gasteiger partial charge >= 0.3 is 0 Å². The molecule has 1 aromatic heterocycles. The average Bonchev–Trinajstić information content (AvgIpc) is 2.53. The summed E-state index contributed by atoms with van der Waals surface area (Å²) in [5, 5.41) is 2.51. The van der Waals surface area contributed by atoms with E-state index in [2.05, 4.69) is 55.2 Å². The van der Waals surface area contributed by atoms with Gasteiger partial charge in [-0.25, -0.2) is 0 Å².